The third-order valence-electron chi connectivity index (χ3n) is 3.24. The van der Waals surface area contributed by atoms with Gasteiger partial charge in [0.2, 0.25) is 0 Å². The number of carbonyl (C=O) groups is 1. The smallest absolute Gasteiger partial charge is 0.252 e. The second kappa shape index (κ2) is 6.79. The molecule has 1 saturated heterocycles. The summed E-state index contributed by atoms with van der Waals surface area (Å²) in [4.78, 5) is 12.2. The number of nitrogens with one attached hydrogen (secondary N) is 1. The van der Waals surface area contributed by atoms with E-state index in [9.17, 15) is 9.90 Å². The molecule has 1 aliphatic rings. The summed E-state index contributed by atoms with van der Waals surface area (Å²) in [6, 6.07) is 3.16. The summed E-state index contributed by atoms with van der Waals surface area (Å²) in [6.07, 6.45) is 1.03. The monoisotopic (exact) mass is 429 g/mol. The number of carbonyl (C=O) groups excluding carboxylic acids is 1. The first-order chi connectivity index (χ1) is 9.41. The van der Waals surface area contributed by atoms with Crippen LogP contribution in [0.2, 0.25) is 10.0 Å². The van der Waals surface area contributed by atoms with Crippen LogP contribution >= 0.6 is 45.8 Å². The second-order valence-corrected chi connectivity index (χ2v) is 6.69. The third-order valence-corrected chi connectivity index (χ3v) is 5.24. The van der Waals surface area contributed by atoms with Crippen LogP contribution < -0.4 is 5.32 Å². The molecular weight excluding hydrogens is 416 g/mol. The number of amides is 1. The van der Waals surface area contributed by atoms with Crippen molar-refractivity contribution in [2.24, 2.45) is 0 Å². The van der Waals surface area contributed by atoms with Crippen LogP contribution in [0.4, 0.5) is 0 Å². The summed E-state index contributed by atoms with van der Waals surface area (Å²) in [5.74, 6) is -0.293. The summed E-state index contributed by atoms with van der Waals surface area (Å²) in [5.41, 5.74) is -0.486. The van der Waals surface area contributed by atoms with E-state index in [1.54, 1.807) is 12.1 Å². The van der Waals surface area contributed by atoms with Crippen molar-refractivity contribution in [3.63, 3.8) is 0 Å². The van der Waals surface area contributed by atoms with E-state index in [4.69, 9.17) is 27.9 Å². The van der Waals surface area contributed by atoms with Gasteiger partial charge in [0.05, 0.1) is 16.2 Å². The summed E-state index contributed by atoms with van der Waals surface area (Å²) in [7, 11) is 0. The van der Waals surface area contributed by atoms with Gasteiger partial charge in [-0.1, -0.05) is 23.2 Å². The Balaban J connectivity index is 2.05. The molecule has 0 atom stereocenters. The number of benzene rings is 1. The van der Waals surface area contributed by atoms with Gasteiger partial charge in [-0.15, -0.1) is 0 Å². The Bertz CT molecular complexity index is 519. The predicted octanol–water partition coefficient (Wildman–Crippen LogP) is 2.87. The Hall–Kier alpha value is -0.0800. The van der Waals surface area contributed by atoms with E-state index in [1.807, 2.05) is 22.6 Å². The number of rotatable bonds is 3. The van der Waals surface area contributed by atoms with E-state index < -0.39 is 5.60 Å². The van der Waals surface area contributed by atoms with Crippen LogP contribution in [0.1, 0.15) is 23.2 Å². The van der Waals surface area contributed by atoms with E-state index in [1.165, 1.54) is 0 Å². The molecule has 0 unspecified atom stereocenters. The van der Waals surface area contributed by atoms with Gasteiger partial charge in [-0.3, -0.25) is 4.79 Å². The SMILES string of the molecule is O=C(NCC1(O)CCOCC1)c1cc(Cl)cc(Cl)c1I. The summed E-state index contributed by atoms with van der Waals surface area (Å²) < 4.78 is 5.84. The van der Waals surface area contributed by atoms with Crippen molar-refractivity contribution in [2.75, 3.05) is 19.8 Å². The lowest BCUT2D eigenvalue weighted by Gasteiger charge is -2.32. The topological polar surface area (TPSA) is 58.6 Å². The molecule has 0 aliphatic carbocycles. The first kappa shape index (κ1) is 16.3. The summed E-state index contributed by atoms with van der Waals surface area (Å²) in [6.45, 7) is 1.20. The number of hydrogen-bond acceptors (Lipinski definition) is 3. The van der Waals surface area contributed by atoms with Gasteiger partial charge in [0.15, 0.2) is 0 Å². The Morgan fingerprint density at radius 1 is 1.40 bits per heavy atom. The second-order valence-electron chi connectivity index (χ2n) is 4.77. The van der Waals surface area contributed by atoms with E-state index in [-0.39, 0.29) is 12.5 Å². The summed E-state index contributed by atoms with van der Waals surface area (Å²) >= 11 is 13.9. The predicted molar refractivity (Wildman–Crippen MR) is 86.5 cm³/mol. The molecule has 0 bridgehead atoms. The van der Waals surface area contributed by atoms with Crippen molar-refractivity contribution in [3.8, 4) is 0 Å². The minimum absolute atomic E-state index is 0.190. The molecule has 0 saturated carbocycles. The lowest BCUT2D eigenvalue weighted by Crippen LogP contribution is -2.46. The first-order valence-electron chi connectivity index (χ1n) is 6.14. The normalized spacial score (nSPS) is 17.8. The molecule has 0 radical (unpaired) electrons. The highest BCUT2D eigenvalue weighted by atomic mass is 127. The number of halogens is 3. The number of aliphatic hydroxyl groups is 1. The van der Waals surface area contributed by atoms with Crippen molar-refractivity contribution in [2.45, 2.75) is 18.4 Å². The Morgan fingerprint density at radius 2 is 2.05 bits per heavy atom. The van der Waals surface area contributed by atoms with Gasteiger partial charge in [0.25, 0.3) is 5.91 Å². The van der Waals surface area contributed by atoms with Crippen LogP contribution in [0.5, 0.6) is 0 Å². The zero-order valence-corrected chi connectivity index (χ0v) is 14.3. The van der Waals surface area contributed by atoms with Crippen LogP contribution in [0.3, 0.4) is 0 Å². The van der Waals surface area contributed by atoms with Crippen molar-refractivity contribution in [1.82, 2.24) is 5.32 Å². The summed E-state index contributed by atoms with van der Waals surface area (Å²) in [5, 5.41) is 13.9. The van der Waals surface area contributed by atoms with Crippen LogP contribution in [-0.2, 0) is 4.74 Å². The van der Waals surface area contributed by atoms with Gasteiger partial charge in [-0.25, -0.2) is 0 Å². The average Bonchev–Trinajstić information content (AvgIpc) is 2.41. The molecule has 110 valence electrons. The molecule has 2 N–H and O–H groups in total. The van der Waals surface area contributed by atoms with Crippen LogP contribution in [0.15, 0.2) is 12.1 Å². The molecule has 1 aromatic carbocycles. The maximum absolute atomic E-state index is 12.2. The first-order valence-corrected chi connectivity index (χ1v) is 7.98. The standard InChI is InChI=1S/C13H14Cl2INO3/c14-8-5-9(11(16)10(15)6-8)12(18)17-7-13(19)1-3-20-4-2-13/h5-6,19H,1-4,7H2,(H,17,18). The van der Waals surface area contributed by atoms with Gasteiger partial charge in [-0.2, -0.15) is 0 Å². The molecule has 7 heteroatoms. The fourth-order valence-corrected chi connectivity index (χ4v) is 3.04. The molecule has 1 amide bonds. The average molecular weight is 430 g/mol. The molecule has 1 heterocycles. The fourth-order valence-electron chi connectivity index (χ4n) is 1.99. The number of ether oxygens (including phenoxy) is 1. The molecule has 2 rings (SSSR count). The van der Waals surface area contributed by atoms with Gasteiger partial charge >= 0.3 is 0 Å². The van der Waals surface area contributed by atoms with Crippen molar-refractivity contribution in [1.29, 1.82) is 0 Å². The van der Waals surface area contributed by atoms with Gasteiger partial charge in [-0.05, 0) is 34.7 Å². The fraction of sp³-hybridized carbons (Fsp3) is 0.462. The maximum atomic E-state index is 12.2. The lowest BCUT2D eigenvalue weighted by atomic mass is 9.94. The lowest BCUT2D eigenvalue weighted by molar-refractivity contribution is -0.0605. The molecule has 1 aliphatic heterocycles. The van der Waals surface area contributed by atoms with E-state index in [2.05, 4.69) is 5.32 Å². The Labute approximate surface area is 140 Å². The largest absolute Gasteiger partial charge is 0.388 e. The molecule has 0 spiro atoms. The zero-order chi connectivity index (χ0) is 14.8. The van der Waals surface area contributed by atoms with E-state index in [0.717, 1.165) is 0 Å². The number of hydrogen-bond donors (Lipinski definition) is 2. The minimum Gasteiger partial charge on any atom is -0.388 e. The van der Waals surface area contributed by atoms with Crippen molar-refractivity contribution >= 4 is 51.7 Å². The zero-order valence-electron chi connectivity index (χ0n) is 10.6. The molecule has 1 fully saturated rings. The molecule has 20 heavy (non-hydrogen) atoms. The van der Waals surface area contributed by atoms with E-state index in [0.29, 0.717) is 45.2 Å². The van der Waals surface area contributed by atoms with E-state index >= 15 is 0 Å². The molecule has 4 nitrogen and oxygen atoms in total. The van der Waals surface area contributed by atoms with Crippen molar-refractivity contribution in [3.05, 3.63) is 31.3 Å². The molecule has 1 aromatic rings. The Kier molecular flexibility index (Phi) is 5.53. The third kappa shape index (κ3) is 3.98. The van der Waals surface area contributed by atoms with Crippen LogP contribution in [0, 0.1) is 3.57 Å². The van der Waals surface area contributed by atoms with Crippen LogP contribution in [-0.4, -0.2) is 36.4 Å². The van der Waals surface area contributed by atoms with Crippen molar-refractivity contribution < 1.29 is 14.6 Å². The Morgan fingerprint density at radius 3 is 2.70 bits per heavy atom. The molecular formula is C13H14Cl2INO3. The maximum Gasteiger partial charge on any atom is 0.252 e. The van der Waals surface area contributed by atoms with Gasteiger partial charge in [0.1, 0.15) is 0 Å². The highest BCUT2D eigenvalue weighted by molar-refractivity contribution is 14.1. The molecule has 0 aromatic heterocycles. The van der Waals surface area contributed by atoms with Crippen LogP contribution in [0.25, 0.3) is 0 Å². The highest BCUT2D eigenvalue weighted by Gasteiger charge is 2.30. The quantitative estimate of drug-likeness (QED) is 0.573. The van der Waals surface area contributed by atoms with Gasteiger partial charge < -0.3 is 15.2 Å². The highest BCUT2D eigenvalue weighted by Crippen LogP contribution is 2.27. The minimum atomic E-state index is -0.901. The van der Waals surface area contributed by atoms with Gasteiger partial charge in [0, 0.05) is 41.2 Å².